The first-order valence-electron chi connectivity index (χ1n) is 11.5. The summed E-state index contributed by atoms with van der Waals surface area (Å²) in [5.74, 6) is -0.618. The number of amides is 3. The molecule has 2 N–H and O–H groups in total. The van der Waals surface area contributed by atoms with Crippen molar-refractivity contribution >= 4 is 34.9 Å². The second kappa shape index (κ2) is 11.2. The third-order valence-electron chi connectivity index (χ3n) is 5.92. The standard InChI is InChI=1S/C27H25ClFN5O2/c1-18(35)31-23-16-33(17-23)11-12-34(27(36)32-22-7-10-26(29)25(28)14-22)24-8-5-20(6-9-24)21-4-2-3-19(13-21)15-30/h2-10,13-14,23H,11-12,16-17H2,1H3,(H,31,35)(H,32,36). The fraction of sp³-hybridized carbons (Fsp3) is 0.222. The number of hydrogen-bond donors (Lipinski definition) is 2. The molecule has 7 nitrogen and oxygen atoms in total. The van der Waals surface area contributed by atoms with Gasteiger partial charge in [-0.05, 0) is 53.6 Å². The lowest BCUT2D eigenvalue weighted by Gasteiger charge is -2.40. The van der Waals surface area contributed by atoms with Crippen molar-refractivity contribution in [2.75, 3.05) is 36.4 Å². The first-order valence-corrected chi connectivity index (χ1v) is 11.8. The van der Waals surface area contributed by atoms with Crippen LogP contribution in [-0.4, -0.2) is 49.1 Å². The summed E-state index contributed by atoms with van der Waals surface area (Å²) >= 11 is 5.87. The second-order valence-electron chi connectivity index (χ2n) is 8.61. The Labute approximate surface area is 214 Å². The summed E-state index contributed by atoms with van der Waals surface area (Å²) < 4.78 is 13.5. The van der Waals surface area contributed by atoms with Gasteiger partial charge in [0, 0.05) is 44.5 Å². The summed E-state index contributed by atoms with van der Waals surface area (Å²) in [4.78, 5) is 28.2. The van der Waals surface area contributed by atoms with Crippen LogP contribution in [-0.2, 0) is 4.79 Å². The zero-order chi connectivity index (χ0) is 25.7. The van der Waals surface area contributed by atoms with Crippen molar-refractivity contribution in [3.8, 4) is 17.2 Å². The number of benzene rings is 3. The molecule has 0 atom stereocenters. The Morgan fingerprint density at radius 1 is 1.11 bits per heavy atom. The number of halogens is 2. The molecule has 184 valence electrons. The zero-order valence-electron chi connectivity index (χ0n) is 19.7. The summed E-state index contributed by atoms with van der Waals surface area (Å²) in [5.41, 5.74) is 3.46. The quantitative estimate of drug-likeness (QED) is 0.479. The predicted octanol–water partition coefficient (Wildman–Crippen LogP) is 4.88. The molecular formula is C27H25ClFN5O2. The van der Waals surface area contributed by atoms with Gasteiger partial charge in [-0.1, -0.05) is 35.9 Å². The van der Waals surface area contributed by atoms with E-state index >= 15 is 0 Å². The molecule has 3 amide bonds. The molecule has 0 aliphatic carbocycles. The average Bonchev–Trinajstić information content (AvgIpc) is 2.85. The number of nitriles is 1. The van der Waals surface area contributed by atoms with Gasteiger partial charge in [0.25, 0.3) is 0 Å². The molecule has 3 aromatic carbocycles. The molecular weight excluding hydrogens is 481 g/mol. The SMILES string of the molecule is CC(=O)NC1CN(CCN(C(=O)Nc2ccc(F)c(Cl)c2)c2ccc(-c3cccc(C#N)c3)cc2)C1. The Balaban J connectivity index is 1.50. The molecule has 0 bridgehead atoms. The Kier molecular flexibility index (Phi) is 7.84. The molecule has 0 unspecified atom stereocenters. The number of anilines is 2. The molecule has 4 rings (SSSR count). The van der Waals surface area contributed by atoms with Gasteiger partial charge >= 0.3 is 6.03 Å². The Bertz CT molecular complexity index is 1300. The van der Waals surface area contributed by atoms with Crippen LogP contribution in [0, 0.1) is 17.1 Å². The van der Waals surface area contributed by atoms with Gasteiger partial charge in [0.2, 0.25) is 5.91 Å². The maximum absolute atomic E-state index is 13.5. The minimum absolute atomic E-state index is 0.0565. The summed E-state index contributed by atoms with van der Waals surface area (Å²) in [7, 11) is 0. The number of carbonyl (C=O) groups is 2. The highest BCUT2D eigenvalue weighted by molar-refractivity contribution is 6.31. The van der Waals surface area contributed by atoms with Gasteiger partial charge in [-0.2, -0.15) is 5.26 Å². The van der Waals surface area contributed by atoms with Crippen LogP contribution in [0.3, 0.4) is 0 Å². The highest BCUT2D eigenvalue weighted by atomic mass is 35.5. The van der Waals surface area contributed by atoms with Crippen LogP contribution < -0.4 is 15.5 Å². The van der Waals surface area contributed by atoms with E-state index in [9.17, 15) is 19.2 Å². The van der Waals surface area contributed by atoms with Gasteiger partial charge in [0.05, 0.1) is 22.7 Å². The third kappa shape index (κ3) is 6.19. The van der Waals surface area contributed by atoms with E-state index in [-0.39, 0.29) is 23.0 Å². The van der Waals surface area contributed by atoms with Crippen molar-refractivity contribution in [1.29, 1.82) is 5.26 Å². The topological polar surface area (TPSA) is 88.5 Å². The summed E-state index contributed by atoms with van der Waals surface area (Å²) in [6, 6.07) is 20.7. The first-order chi connectivity index (χ1) is 17.3. The molecule has 0 spiro atoms. The van der Waals surface area contributed by atoms with Crippen LogP contribution in [0.2, 0.25) is 5.02 Å². The van der Waals surface area contributed by atoms with Crippen molar-refractivity contribution in [3.63, 3.8) is 0 Å². The lowest BCUT2D eigenvalue weighted by atomic mass is 10.0. The highest BCUT2D eigenvalue weighted by Gasteiger charge is 2.28. The second-order valence-corrected chi connectivity index (χ2v) is 9.01. The van der Waals surface area contributed by atoms with Crippen molar-refractivity contribution in [1.82, 2.24) is 10.2 Å². The maximum Gasteiger partial charge on any atom is 0.326 e. The predicted molar refractivity (Wildman–Crippen MR) is 138 cm³/mol. The number of nitrogens with zero attached hydrogens (tertiary/aromatic N) is 3. The van der Waals surface area contributed by atoms with E-state index in [0.717, 1.165) is 24.2 Å². The molecule has 1 heterocycles. The molecule has 1 aliphatic rings. The number of urea groups is 1. The van der Waals surface area contributed by atoms with E-state index in [1.165, 1.54) is 25.1 Å². The van der Waals surface area contributed by atoms with Gasteiger partial charge < -0.3 is 10.6 Å². The molecule has 1 fully saturated rings. The summed E-state index contributed by atoms with van der Waals surface area (Å²) in [5, 5.41) is 14.8. The minimum Gasteiger partial charge on any atom is -0.351 e. The summed E-state index contributed by atoms with van der Waals surface area (Å²) in [6.45, 7) is 3.95. The van der Waals surface area contributed by atoms with E-state index in [1.807, 2.05) is 42.5 Å². The molecule has 36 heavy (non-hydrogen) atoms. The smallest absolute Gasteiger partial charge is 0.326 e. The minimum atomic E-state index is -0.561. The maximum atomic E-state index is 13.5. The lowest BCUT2D eigenvalue weighted by Crippen LogP contribution is -2.60. The molecule has 0 saturated carbocycles. The van der Waals surface area contributed by atoms with E-state index in [4.69, 9.17) is 11.6 Å². The fourth-order valence-electron chi connectivity index (χ4n) is 4.09. The molecule has 1 aliphatic heterocycles. The van der Waals surface area contributed by atoms with Crippen LogP contribution in [0.15, 0.2) is 66.7 Å². The highest BCUT2D eigenvalue weighted by Crippen LogP contribution is 2.26. The normalized spacial score (nSPS) is 13.4. The molecule has 0 aromatic heterocycles. The fourth-order valence-corrected chi connectivity index (χ4v) is 4.27. The van der Waals surface area contributed by atoms with Crippen molar-refractivity contribution in [2.24, 2.45) is 0 Å². The zero-order valence-corrected chi connectivity index (χ0v) is 20.4. The van der Waals surface area contributed by atoms with Crippen LogP contribution in [0.1, 0.15) is 12.5 Å². The molecule has 9 heteroatoms. The van der Waals surface area contributed by atoms with E-state index in [2.05, 4.69) is 21.6 Å². The number of rotatable bonds is 7. The van der Waals surface area contributed by atoms with Crippen LogP contribution in [0.25, 0.3) is 11.1 Å². The van der Waals surface area contributed by atoms with Crippen LogP contribution >= 0.6 is 11.6 Å². The molecule has 1 saturated heterocycles. The third-order valence-corrected chi connectivity index (χ3v) is 6.21. The van der Waals surface area contributed by atoms with E-state index < -0.39 is 5.82 Å². The van der Waals surface area contributed by atoms with E-state index in [1.54, 1.807) is 11.0 Å². The van der Waals surface area contributed by atoms with Gasteiger partial charge in [0.15, 0.2) is 0 Å². The van der Waals surface area contributed by atoms with Gasteiger partial charge in [-0.15, -0.1) is 0 Å². The average molecular weight is 506 g/mol. The lowest BCUT2D eigenvalue weighted by molar-refractivity contribution is -0.120. The Morgan fingerprint density at radius 2 is 1.86 bits per heavy atom. The van der Waals surface area contributed by atoms with Crippen LogP contribution in [0.5, 0.6) is 0 Å². The Hall–Kier alpha value is -3.93. The van der Waals surface area contributed by atoms with Crippen LogP contribution in [0.4, 0.5) is 20.6 Å². The monoisotopic (exact) mass is 505 g/mol. The van der Waals surface area contributed by atoms with Crippen molar-refractivity contribution < 1.29 is 14.0 Å². The van der Waals surface area contributed by atoms with Crippen molar-refractivity contribution in [3.05, 3.63) is 83.1 Å². The van der Waals surface area contributed by atoms with Crippen molar-refractivity contribution in [2.45, 2.75) is 13.0 Å². The summed E-state index contributed by atoms with van der Waals surface area (Å²) in [6.07, 6.45) is 0. The largest absolute Gasteiger partial charge is 0.351 e. The first kappa shape index (κ1) is 25.2. The molecule has 0 radical (unpaired) electrons. The van der Waals surface area contributed by atoms with Gasteiger partial charge in [0.1, 0.15) is 5.82 Å². The van der Waals surface area contributed by atoms with Gasteiger partial charge in [-0.3, -0.25) is 14.6 Å². The van der Waals surface area contributed by atoms with E-state index in [0.29, 0.717) is 30.0 Å². The number of carbonyl (C=O) groups excluding carboxylic acids is 2. The van der Waals surface area contributed by atoms with Gasteiger partial charge in [-0.25, -0.2) is 9.18 Å². The number of hydrogen-bond acceptors (Lipinski definition) is 4. The number of nitrogens with one attached hydrogen (secondary N) is 2. The number of likely N-dealkylation sites (tertiary alicyclic amines) is 1. The molecule has 3 aromatic rings. The Morgan fingerprint density at radius 3 is 2.53 bits per heavy atom.